The SMILES string of the molecule is CC(C)CC(NC(=O)CN(C)C1CCNCC1)c1cccnc1. The van der Waals surface area contributed by atoms with Crippen LogP contribution in [0.2, 0.25) is 0 Å². The Kier molecular flexibility index (Phi) is 6.99. The van der Waals surface area contributed by atoms with Crippen LogP contribution in [0.5, 0.6) is 0 Å². The quantitative estimate of drug-likeness (QED) is 0.807. The number of rotatable bonds is 7. The van der Waals surface area contributed by atoms with Gasteiger partial charge in [-0.15, -0.1) is 0 Å². The van der Waals surface area contributed by atoms with Crippen LogP contribution in [0.1, 0.15) is 44.7 Å². The van der Waals surface area contributed by atoms with Gasteiger partial charge in [-0.2, -0.15) is 0 Å². The van der Waals surface area contributed by atoms with Gasteiger partial charge in [-0.3, -0.25) is 14.7 Å². The first-order valence-corrected chi connectivity index (χ1v) is 8.66. The van der Waals surface area contributed by atoms with E-state index in [1.165, 1.54) is 0 Å². The molecule has 0 aromatic carbocycles. The summed E-state index contributed by atoms with van der Waals surface area (Å²) in [7, 11) is 2.05. The highest BCUT2D eigenvalue weighted by Crippen LogP contribution is 2.20. The predicted molar refractivity (Wildman–Crippen MR) is 93.1 cm³/mol. The molecule has 0 radical (unpaired) electrons. The lowest BCUT2D eigenvalue weighted by Crippen LogP contribution is -2.46. The number of nitrogens with zero attached hydrogens (tertiary/aromatic N) is 2. The Bertz CT molecular complexity index is 471. The molecule has 1 saturated heterocycles. The second-order valence-electron chi connectivity index (χ2n) is 6.93. The second-order valence-corrected chi connectivity index (χ2v) is 6.93. The number of carbonyl (C=O) groups is 1. The first-order valence-electron chi connectivity index (χ1n) is 8.66. The molecule has 128 valence electrons. The smallest absolute Gasteiger partial charge is 0.234 e. The number of carbonyl (C=O) groups excluding carboxylic acids is 1. The van der Waals surface area contributed by atoms with Crippen molar-refractivity contribution in [3.05, 3.63) is 30.1 Å². The number of nitrogens with one attached hydrogen (secondary N) is 2. The summed E-state index contributed by atoms with van der Waals surface area (Å²) in [6, 6.07) is 4.51. The molecule has 1 amide bonds. The first kappa shape index (κ1) is 17.9. The molecular formula is C18H30N4O. The lowest BCUT2D eigenvalue weighted by Gasteiger charge is -2.31. The zero-order chi connectivity index (χ0) is 16.7. The van der Waals surface area contributed by atoms with Crippen LogP contribution in [-0.4, -0.2) is 48.5 Å². The number of pyridine rings is 1. The van der Waals surface area contributed by atoms with Crippen molar-refractivity contribution in [3.63, 3.8) is 0 Å². The fourth-order valence-corrected chi connectivity index (χ4v) is 3.17. The third kappa shape index (κ3) is 5.92. The van der Waals surface area contributed by atoms with Gasteiger partial charge in [0.25, 0.3) is 0 Å². The van der Waals surface area contributed by atoms with Gasteiger partial charge in [0.2, 0.25) is 5.91 Å². The zero-order valence-electron chi connectivity index (χ0n) is 14.6. The van der Waals surface area contributed by atoms with Gasteiger partial charge in [0.05, 0.1) is 12.6 Å². The molecule has 0 bridgehead atoms. The van der Waals surface area contributed by atoms with Gasteiger partial charge in [-0.1, -0.05) is 19.9 Å². The summed E-state index contributed by atoms with van der Waals surface area (Å²) in [6.07, 6.45) is 6.77. The van der Waals surface area contributed by atoms with Crippen LogP contribution in [0.25, 0.3) is 0 Å². The molecule has 1 atom stereocenters. The third-order valence-electron chi connectivity index (χ3n) is 4.45. The molecular weight excluding hydrogens is 288 g/mol. The normalized spacial score (nSPS) is 17.4. The fraction of sp³-hybridized carbons (Fsp3) is 0.667. The van der Waals surface area contributed by atoms with Crippen LogP contribution >= 0.6 is 0 Å². The van der Waals surface area contributed by atoms with E-state index in [0.29, 0.717) is 18.5 Å². The lowest BCUT2D eigenvalue weighted by molar-refractivity contribution is -0.123. The molecule has 0 spiro atoms. The Balaban J connectivity index is 1.91. The molecule has 1 aromatic rings. The van der Waals surface area contributed by atoms with Crippen LogP contribution in [0.3, 0.4) is 0 Å². The molecule has 5 heteroatoms. The molecule has 2 N–H and O–H groups in total. The van der Waals surface area contributed by atoms with E-state index in [4.69, 9.17) is 0 Å². The maximum absolute atomic E-state index is 12.5. The van der Waals surface area contributed by atoms with E-state index in [9.17, 15) is 4.79 Å². The number of likely N-dealkylation sites (N-methyl/N-ethyl adjacent to an activating group) is 1. The van der Waals surface area contributed by atoms with Crippen LogP contribution in [0, 0.1) is 5.92 Å². The molecule has 1 aliphatic rings. The molecule has 1 aliphatic heterocycles. The summed E-state index contributed by atoms with van der Waals surface area (Å²) in [4.78, 5) is 18.8. The molecule has 2 heterocycles. The molecule has 0 aliphatic carbocycles. The van der Waals surface area contributed by atoms with Crippen molar-refractivity contribution in [1.29, 1.82) is 0 Å². The van der Waals surface area contributed by atoms with E-state index in [2.05, 4.69) is 41.4 Å². The lowest BCUT2D eigenvalue weighted by atomic mass is 9.98. The average molecular weight is 318 g/mol. The van der Waals surface area contributed by atoms with E-state index in [1.807, 2.05) is 18.3 Å². The highest BCUT2D eigenvalue weighted by atomic mass is 16.2. The Hall–Kier alpha value is -1.46. The Morgan fingerprint density at radius 2 is 2.17 bits per heavy atom. The van der Waals surface area contributed by atoms with Gasteiger partial charge in [0.1, 0.15) is 0 Å². The number of amides is 1. The van der Waals surface area contributed by atoms with E-state index in [0.717, 1.165) is 37.9 Å². The highest BCUT2D eigenvalue weighted by molar-refractivity contribution is 5.78. The molecule has 23 heavy (non-hydrogen) atoms. The summed E-state index contributed by atoms with van der Waals surface area (Å²) in [5.74, 6) is 0.614. The molecule has 1 unspecified atom stereocenters. The summed E-state index contributed by atoms with van der Waals surface area (Å²) in [5.41, 5.74) is 1.08. The van der Waals surface area contributed by atoms with Crippen molar-refractivity contribution in [2.24, 2.45) is 5.92 Å². The van der Waals surface area contributed by atoms with E-state index < -0.39 is 0 Å². The van der Waals surface area contributed by atoms with Crippen LogP contribution < -0.4 is 10.6 Å². The topological polar surface area (TPSA) is 57.3 Å². The van der Waals surface area contributed by atoms with Gasteiger partial charge in [0, 0.05) is 18.4 Å². The molecule has 1 fully saturated rings. The third-order valence-corrected chi connectivity index (χ3v) is 4.45. The van der Waals surface area contributed by atoms with E-state index in [1.54, 1.807) is 6.20 Å². The number of aromatic nitrogens is 1. The number of hydrogen-bond donors (Lipinski definition) is 2. The van der Waals surface area contributed by atoms with Crippen molar-refractivity contribution in [2.45, 2.75) is 45.2 Å². The van der Waals surface area contributed by atoms with Crippen molar-refractivity contribution in [3.8, 4) is 0 Å². The second kappa shape index (κ2) is 8.99. The Morgan fingerprint density at radius 3 is 2.78 bits per heavy atom. The van der Waals surface area contributed by atoms with Crippen molar-refractivity contribution < 1.29 is 4.79 Å². The van der Waals surface area contributed by atoms with Crippen molar-refractivity contribution in [2.75, 3.05) is 26.7 Å². The standard InChI is InChI=1S/C18H30N4O/c1-14(2)11-17(15-5-4-8-20-12-15)21-18(23)13-22(3)16-6-9-19-10-7-16/h4-5,8,12,14,16-17,19H,6-7,9-11,13H2,1-3H3,(H,21,23). The summed E-state index contributed by atoms with van der Waals surface area (Å²) in [5, 5.41) is 6.56. The first-order chi connectivity index (χ1) is 11.1. The van der Waals surface area contributed by atoms with Gasteiger partial charge in [0.15, 0.2) is 0 Å². The fourth-order valence-electron chi connectivity index (χ4n) is 3.17. The predicted octanol–water partition coefficient (Wildman–Crippen LogP) is 1.97. The van der Waals surface area contributed by atoms with Crippen molar-refractivity contribution >= 4 is 5.91 Å². The van der Waals surface area contributed by atoms with Crippen LogP contribution in [0.15, 0.2) is 24.5 Å². The minimum Gasteiger partial charge on any atom is -0.348 e. The minimum atomic E-state index is 0.0395. The average Bonchev–Trinajstić information content (AvgIpc) is 2.55. The molecule has 2 rings (SSSR count). The minimum absolute atomic E-state index is 0.0395. The van der Waals surface area contributed by atoms with E-state index >= 15 is 0 Å². The molecule has 0 saturated carbocycles. The van der Waals surface area contributed by atoms with Gasteiger partial charge >= 0.3 is 0 Å². The van der Waals surface area contributed by atoms with Gasteiger partial charge < -0.3 is 10.6 Å². The van der Waals surface area contributed by atoms with Crippen molar-refractivity contribution in [1.82, 2.24) is 20.5 Å². The van der Waals surface area contributed by atoms with Gasteiger partial charge in [-0.05, 0) is 56.9 Å². The van der Waals surface area contributed by atoms with Crippen LogP contribution in [0.4, 0.5) is 0 Å². The summed E-state index contributed by atoms with van der Waals surface area (Å²) >= 11 is 0. The Morgan fingerprint density at radius 1 is 1.43 bits per heavy atom. The Labute approximate surface area is 139 Å². The summed E-state index contributed by atoms with van der Waals surface area (Å²) < 4.78 is 0. The molecule has 5 nitrogen and oxygen atoms in total. The number of hydrogen-bond acceptors (Lipinski definition) is 4. The monoisotopic (exact) mass is 318 g/mol. The number of piperidine rings is 1. The molecule has 1 aromatic heterocycles. The zero-order valence-corrected chi connectivity index (χ0v) is 14.6. The largest absolute Gasteiger partial charge is 0.348 e. The van der Waals surface area contributed by atoms with Gasteiger partial charge in [-0.25, -0.2) is 0 Å². The maximum atomic E-state index is 12.5. The summed E-state index contributed by atoms with van der Waals surface area (Å²) in [6.45, 7) is 6.90. The maximum Gasteiger partial charge on any atom is 0.234 e. The van der Waals surface area contributed by atoms with Crippen LogP contribution in [-0.2, 0) is 4.79 Å². The van der Waals surface area contributed by atoms with E-state index in [-0.39, 0.29) is 11.9 Å². The highest BCUT2D eigenvalue weighted by Gasteiger charge is 2.22.